The van der Waals surface area contributed by atoms with Gasteiger partial charge in [0.05, 0.1) is 28.2 Å². The Balaban J connectivity index is 1.75. The Labute approximate surface area is 182 Å². The Morgan fingerprint density at radius 3 is 2.39 bits per heavy atom. The molecule has 1 aromatic heterocycles. The standard InChI is InChI=1S/C20H27N3O6S2/c1-13-9-18(23-29-13)22-19(24)10-21-16-11-30(25,26)12-17(16)31(27,28)15-7-5-14(6-8-15)20(2,3)4/h5-9,16-17,21H,10-12H2,1-4H3,(H,22,23,24)/t16-,17-/m0/s1. The molecule has 170 valence electrons. The zero-order valence-corrected chi connectivity index (χ0v) is 19.5. The summed E-state index contributed by atoms with van der Waals surface area (Å²) in [7, 11) is -7.50. The number of sulfone groups is 2. The highest BCUT2D eigenvalue weighted by molar-refractivity contribution is 7.96. The first kappa shape index (κ1) is 23.4. The Kier molecular flexibility index (Phi) is 6.32. The van der Waals surface area contributed by atoms with Crippen molar-refractivity contribution in [2.75, 3.05) is 23.4 Å². The maximum atomic E-state index is 13.2. The van der Waals surface area contributed by atoms with Crippen molar-refractivity contribution in [1.82, 2.24) is 10.5 Å². The molecule has 3 rings (SSSR count). The van der Waals surface area contributed by atoms with E-state index in [4.69, 9.17) is 4.52 Å². The van der Waals surface area contributed by atoms with Gasteiger partial charge in [-0.1, -0.05) is 38.1 Å². The number of amides is 1. The van der Waals surface area contributed by atoms with Crippen LogP contribution >= 0.6 is 0 Å². The zero-order chi connectivity index (χ0) is 23.0. The van der Waals surface area contributed by atoms with Crippen LogP contribution in [0, 0.1) is 6.92 Å². The Hall–Kier alpha value is -2.24. The van der Waals surface area contributed by atoms with Gasteiger partial charge in [0.15, 0.2) is 25.5 Å². The third-order valence-electron chi connectivity index (χ3n) is 5.17. The van der Waals surface area contributed by atoms with E-state index in [0.717, 1.165) is 5.56 Å². The van der Waals surface area contributed by atoms with E-state index in [1.54, 1.807) is 19.1 Å². The minimum Gasteiger partial charge on any atom is -0.360 e. The molecule has 1 saturated heterocycles. The van der Waals surface area contributed by atoms with Gasteiger partial charge in [-0.2, -0.15) is 0 Å². The molecule has 1 fully saturated rings. The van der Waals surface area contributed by atoms with E-state index in [2.05, 4.69) is 15.8 Å². The summed E-state index contributed by atoms with van der Waals surface area (Å²) in [5.74, 6) is -0.575. The normalized spacial score (nSPS) is 21.2. The molecule has 1 amide bonds. The summed E-state index contributed by atoms with van der Waals surface area (Å²) in [5.41, 5.74) is 0.832. The fraction of sp³-hybridized carbons (Fsp3) is 0.500. The highest BCUT2D eigenvalue weighted by Gasteiger charge is 2.45. The SMILES string of the molecule is Cc1cc(NC(=O)CN[C@H]2CS(=O)(=O)C[C@@H]2S(=O)(=O)c2ccc(C(C)(C)C)cc2)no1. The molecule has 11 heteroatoms. The predicted octanol–water partition coefficient (Wildman–Crippen LogP) is 1.45. The summed E-state index contributed by atoms with van der Waals surface area (Å²) in [5, 5.41) is 7.77. The third-order valence-corrected chi connectivity index (χ3v) is 9.33. The van der Waals surface area contributed by atoms with Crippen LogP contribution in [0.25, 0.3) is 0 Å². The molecule has 2 atom stereocenters. The van der Waals surface area contributed by atoms with Crippen LogP contribution in [-0.2, 0) is 29.9 Å². The van der Waals surface area contributed by atoms with Crippen molar-refractivity contribution in [1.29, 1.82) is 0 Å². The lowest BCUT2D eigenvalue weighted by Crippen LogP contribution is -2.46. The Morgan fingerprint density at radius 2 is 1.84 bits per heavy atom. The lowest BCUT2D eigenvalue weighted by Gasteiger charge is -2.21. The predicted molar refractivity (Wildman–Crippen MR) is 116 cm³/mol. The first-order valence-electron chi connectivity index (χ1n) is 9.79. The molecule has 2 aromatic rings. The van der Waals surface area contributed by atoms with E-state index in [-0.39, 0.29) is 28.4 Å². The lowest BCUT2D eigenvalue weighted by molar-refractivity contribution is -0.115. The second-order valence-electron chi connectivity index (χ2n) is 8.79. The molecule has 2 N–H and O–H groups in total. The van der Waals surface area contributed by atoms with Gasteiger partial charge in [-0.3, -0.25) is 4.79 Å². The van der Waals surface area contributed by atoms with Gasteiger partial charge < -0.3 is 15.2 Å². The largest absolute Gasteiger partial charge is 0.360 e. The maximum absolute atomic E-state index is 13.2. The van der Waals surface area contributed by atoms with Crippen molar-refractivity contribution in [2.24, 2.45) is 0 Å². The number of nitrogens with one attached hydrogen (secondary N) is 2. The molecule has 0 radical (unpaired) electrons. The van der Waals surface area contributed by atoms with E-state index in [9.17, 15) is 21.6 Å². The van der Waals surface area contributed by atoms with Crippen molar-refractivity contribution in [3.63, 3.8) is 0 Å². The topological polar surface area (TPSA) is 135 Å². The van der Waals surface area contributed by atoms with Crippen molar-refractivity contribution < 1.29 is 26.2 Å². The van der Waals surface area contributed by atoms with Gasteiger partial charge in [0.1, 0.15) is 5.76 Å². The van der Waals surface area contributed by atoms with Crippen molar-refractivity contribution in [3.8, 4) is 0 Å². The van der Waals surface area contributed by atoms with Crippen LogP contribution in [-0.4, -0.2) is 57.2 Å². The van der Waals surface area contributed by atoms with Gasteiger partial charge in [0, 0.05) is 12.1 Å². The van der Waals surface area contributed by atoms with Gasteiger partial charge in [-0.25, -0.2) is 16.8 Å². The van der Waals surface area contributed by atoms with Crippen LogP contribution < -0.4 is 10.6 Å². The van der Waals surface area contributed by atoms with Gasteiger partial charge in [-0.05, 0) is 30.0 Å². The van der Waals surface area contributed by atoms with E-state index in [1.165, 1.54) is 18.2 Å². The molecule has 1 aromatic carbocycles. The molecule has 0 unspecified atom stereocenters. The molecular formula is C20H27N3O6S2. The lowest BCUT2D eigenvalue weighted by atomic mass is 9.87. The van der Waals surface area contributed by atoms with Gasteiger partial charge in [-0.15, -0.1) is 0 Å². The maximum Gasteiger partial charge on any atom is 0.239 e. The van der Waals surface area contributed by atoms with Crippen LogP contribution in [0.2, 0.25) is 0 Å². The van der Waals surface area contributed by atoms with E-state index >= 15 is 0 Å². The van der Waals surface area contributed by atoms with E-state index in [0.29, 0.717) is 5.76 Å². The van der Waals surface area contributed by atoms with Gasteiger partial charge in [0.2, 0.25) is 5.91 Å². The smallest absolute Gasteiger partial charge is 0.239 e. The van der Waals surface area contributed by atoms with Gasteiger partial charge >= 0.3 is 0 Å². The number of carbonyl (C=O) groups is 1. The molecule has 9 nitrogen and oxygen atoms in total. The summed E-state index contributed by atoms with van der Waals surface area (Å²) < 4.78 is 55.7. The summed E-state index contributed by atoms with van der Waals surface area (Å²) in [4.78, 5) is 12.2. The fourth-order valence-electron chi connectivity index (χ4n) is 3.47. The summed E-state index contributed by atoms with van der Waals surface area (Å²) >= 11 is 0. The highest BCUT2D eigenvalue weighted by atomic mass is 32.2. The number of hydrogen-bond donors (Lipinski definition) is 2. The Bertz CT molecular complexity index is 1160. The van der Waals surface area contributed by atoms with Crippen LogP contribution in [0.3, 0.4) is 0 Å². The number of carbonyl (C=O) groups excluding carboxylic acids is 1. The average molecular weight is 470 g/mol. The Morgan fingerprint density at radius 1 is 1.19 bits per heavy atom. The highest BCUT2D eigenvalue weighted by Crippen LogP contribution is 2.28. The molecule has 1 aliphatic rings. The monoisotopic (exact) mass is 469 g/mol. The number of nitrogens with zero attached hydrogens (tertiary/aromatic N) is 1. The van der Waals surface area contributed by atoms with Crippen LogP contribution in [0.5, 0.6) is 0 Å². The molecule has 0 aliphatic carbocycles. The molecule has 0 bridgehead atoms. The molecule has 0 saturated carbocycles. The fourth-order valence-corrected chi connectivity index (χ4v) is 8.18. The molecule has 0 spiro atoms. The molecule has 31 heavy (non-hydrogen) atoms. The minimum absolute atomic E-state index is 0.0666. The van der Waals surface area contributed by atoms with Crippen LogP contribution in [0.1, 0.15) is 32.1 Å². The number of aryl methyl sites for hydroxylation is 1. The minimum atomic E-state index is -3.93. The van der Waals surface area contributed by atoms with Crippen LogP contribution in [0.15, 0.2) is 39.8 Å². The van der Waals surface area contributed by atoms with Crippen molar-refractivity contribution in [2.45, 2.75) is 49.3 Å². The zero-order valence-electron chi connectivity index (χ0n) is 17.9. The van der Waals surface area contributed by atoms with Crippen molar-refractivity contribution in [3.05, 3.63) is 41.7 Å². The van der Waals surface area contributed by atoms with E-state index in [1.807, 2.05) is 20.8 Å². The first-order chi connectivity index (χ1) is 14.3. The summed E-state index contributed by atoms with van der Waals surface area (Å²) in [6.45, 7) is 7.47. The number of hydrogen-bond acceptors (Lipinski definition) is 8. The summed E-state index contributed by atoms with van der Waals surface area (Å²) in [6.07, 6.45) is 0. The number of rotatable bonds is 6. The number of benzene rings is 1. The second kappa shape index (κ2) is 8.36. The quantitative estimate of drug-likeness (QED) is 0.649. The van der Waals surface area contributed by atoms with Crippen molar-refractivity contribution >= 4 is 31.4 Å². The average Bonchev–Trinajstić information content (AvgIpc) is 3.21. The number of anilines is 1. The van der Waals surface area contributed by atoms with Gasteiger partial charge in [0.25, 0.3) is 0 Å². The second-order valence-corrected chi connectivity index (χ2v) is 13.1. The summed E-state index contributed by atoms with van der Waals surface area (Å²) in [6, 6.07) is 7.14. The third kappa shape index (κ3) is 5.52. The number of aromatic nitrogens is 1. The molecule has 1 aliphatic heterocycles. The molecule has 2 heterocycles. The van der Waals surface area contributed by atoms with Crippen LogP contribution in [0.4, 0.5) is 5.82 Å². The first-order valence-corrected chi connectivity index (χ1v) is 13.2. The molecular weight excluding hydrogens is 442 g/mol. The van der Waals surface area contributed by atoms with E-state index < -0.39 is 42.6 Å².